The van der Waals surface area contributed by atoms with Gasteiger partial charge in [0.1, 0.15) is 0 Å². The topological polar surface area (TPSA) is 75.9 Å². The summed E-state index contributed by atoms with van der Waals surface area (Å²) in [6.07, 6.45) is 7.91. The van der Waals surface area contributed by atoms with E-state index in [1.54, 1.807) is 28.4 Å². The highest BCUT2D eigenvalue weighted by atomic mass is 32.1. The lowest BCUT2D eigenvalue weighted by Gasteiger charge is -2.18. The molecule has 0 spiro atoms. The van der Waals surface area contributed by atoms with Crippen molar-refractivity contribution in [1.29, 1.82) is 0 Å². The van der Waals surface area contributed by atoms with Gasteiger partial charge in [-0.3, -0.25) is 9.48 Å². The molecule has 8 heteroatoms. The highest BCUT2D eigenvalue weighted by Gasteiger charge is 2.34. The van der Waals surface area contributed by atoms with Crippen molar-refractivity contribution in [1.82, 2.24) is 24.6 Å². The number of amides is 1. The third-order valence-corrected chi connectivity index (χ3v) is 7.59. The Morgan fingerprint density at radius 1 is 1.21 bits per heavy atom. The lowest BCUT2D eigenvalue weighted by atomic mass is 10.0. The minimum absolute atomic E-state index is 0.173. The Labute approximate surface area is 196 Å². The Morgan fingerprint density at radius 3 is 2.82 bits per heavy atom. The molecule has 0 radical (unpaired) electrons. The first-order chi connectivity index (χ1) is 16.0. The molecule has 0 bridgehead atoms. The van der Waals surface area contributed by atoms with Crippen LogP contribution in [-0.4, -0.2) is 30.6 Å². The summed E-state index contributed by atoms with van der Waals surface area (Å²) in [6, 6.07) is 10.5. The summed E-state index contributed by atoms with van der Waals surface area (Å²) in [4.78, 5) is 26.2. The first-order valence-electron chi connectivity index (χ1n) is 11.1. The molecule has 2 aliphatic rings. The molecule has 1 N–H and O–H groups in total. The van der Waals surface area contributed by atoms with Crippen LogP contribution in [-0.2, 0) is 20.1 Å². The average Bonchev–Trinajstić information content (AvgIpc) is 3.35. The van der Waals surface area contributed by atoms with Crippen molar-refractivity contribution in [3.8, 4) is 11.3 Å². The van der Waals surface area contributed by atoms with Crippen molar-refractivity contribution in [2.24, 2.45) is 7.05 Å². The van der Waals surface area contributed by atoms with Crippen molar-refractivity contribution in [2.45, 2.75) is 38.8 Å². The number of carbonyl (C=O) groups is 1. The van der Waals surface area contributed by atoms with E-state index < -0.39 is 0 Å². The standard InChI is InChI=1S/C25H24N6OS/c1-15-9-17(21-7-8-26-25(29-21)28-20-11-27-30(2)14-20)5-6-18(15)12-31-13-19-10-22(16-3-4-16)33-23(19)24(31)32/h5-11,14,16H,3-4,12-13H2,1-2H3,(H,26,28,29). The molecule has 0 unspecified atom stereocenters. The van der Waals surface area contributed by atoms with Crippen LogP contribution in [0.4, 0.5) is 11.6 Å². The quantitative estimate of drug-likeness (QED) is 0.441. The van der Waals surface area contributed by atoms with Gasteiger partial charge in [-0.05, 0) is 60.6 Å². The van der Waals surface area contributed by atoms with Crippen LogP contribution in [0, 0.1) is 6.92 Å². The van der Waals surface area contributed by atoms with Crippen molar-refractivity contribution in [3.63, 3.8) is 0 Å². The first-order valence-corrected chi connectivity index (χ1v) is 12.0. The molecule has 1 amide bonds. The van der Waals surface area contributed by atoms with Crippen LogP contribution >= 0.6 is 11.3 Å². The largest absolute Gasteiger partial charge is 0.329 e. The highest BCUT2D eigenvalue weighted by Crippen LogP contribution is 2.46. The molecule has 1 saturated carbocycles. The predicted molar refractivity (Wildman–Crippen MR) is 129 cm³/mol. The molecule has 4 heterocycles. The summed E-state index contributed by atoms with van der Waals surface area (Å²) >= 11 is 1.71. The van der Waals surface area contributed by atoms with Crippen molar-refractivity contribution in [2.75, 3.05) is 5.32 Å². The van der Waals surface area contributed by atoms with Gasteiger partial charge in [-0.25, -0.2) is 9.97 Å². The fraction of sp³-hybridized carbons (Fsp3) is 0.280. The zero-order valence-corrected chi connectivity index (χ0v) is 19.4. The van der Waals surface area contributed by atoms with E-state index in [1.165, 1.54) is 23.3 Å². The van der Waals surface area contributed by atoms with Gasteiger partial charge >= 0.3 is 0 Å². The molecule has 3 aromatic heterocycles. The van der Waals surface area contributed by atoms with Crippen LogP contribution in [0.25, 0.3) is 11.3 Å². The maximum atomic E-state index is 13.0. The molecule has 7 nitrogen and oxygen atoms in total. The Hall–Kier alpha value is -3.52. The Morgan fingerprint density at radius 2 is 2.09 bits per heavy atom. The molecule has 1 fully saturated rings. The maximum Gasteiger partial charge on any atom is 0.264 e. The highest BCUT2D eigenvalue weighted by molar-refractivity contribution is 7.14. The third kappa shape index (κ3) is 3.91. The fourth-order valence-corrected chi connectivity index (χ4v) is 5.61. The zero-order chi connectivity index (χ0) is 22.5. The van der Waals surface area contributed by atoms with E-state index in [4.69, 9.17) is 0 Å². The van der Waals surface area contributed by atoms with Crippen LogP contribution in [0.15, 0.2) is 48.9 Å². The Kier molecular flexibility index (Phi) is 4.76. The minimum Gasteiger partial charge on any atom is -0.329 e. The molecule has 1 aliphatic heterocycles. The molecule has 0 atom stereocenters. The number of benzene rings is 1. The molecule has 166 valence electrons. The number of nitrogens with one attached hydrogen (secondary N) is 1. The number of hydrogen-bond donors (Lipinski definition) is 1. The first kappa shape index (κ1) is 20.1. The molecular formula is C25H24N6OS. The summed E-state index contributed by atoms with van der Waals surface area (Å²) < 4.78 is 1.73. The van der Waals surface area contributed by atoms with Gasteiger partial charge in [-0.2, -0.15) is 5.10 Å². The molecule has 4 aromatic rings. The number of aromatic nitrogens is 4. The van der Waals surface area contributed by atoms with Gasteiger partial charge in [0, 0.05) is 43.0 Å². The molecule has 1 aliphatic carbocycles. The number of fused-ring (bicyclic) bond motifs is 1. The molecule has 0 saturated heterocycles. The third-order valence-electron chi connectivity index (χ3n) is 6.27. The van der Waals surface area contributed by atoms with E-state index in [0.717, 1.165) is 32.9 Å². The van der Waals surface area contributed by atoms with Crippen molar-refractivity contribution < 1.29 is 4.79 Å². The summed E-state index contributed by atoms with van der Waals surface area (Å²) in [5, 5.41) is 7.34. The second-order valence-corrected chi connectivity index (χ2v) is 9.96. The smallest absolute Gasteiger partial charge is 0.264 e. The van der Waals surface area contributed by atoms with Crippen LogP contribution in [0.1, 0.15) is 50.0 Å². The Bertz CT molecular complexity index is 1370. The SMILES string of the molecule is Cc1cc(-c2ccnc(Nc3cnn(C)c3)n2)ccc1CN1Cc2cc(C3CC3)sc2C1=O. The summed E-state index contributed by atoms with van der Waals surface area (Å²) in [6.45, 7) is 3.44. The summed E-state index contributed by atoms with van der Waals surface area (Å²) in [5.41, 5.74) is 6.22. The van der Waals surface area contributed by atoms with Gasteiger partial charge in [-0.15, -0.1) is 11.3 Å². The van der Waals surface area contributed by atoms with Crippen LogP contribution in [0.5, 0.6) is 0 Å². The second-order valence-electron chi connectivity index (χ2n) is 8.87. The van der Waals surface area contributed by atoms with E-state index >= 15 is 0 Å². The predicted octanol–water partition coefficient (Wildman–Crippen LogP) is 5.02. The number of anilines is 2. The fourth-order valence-electron chi connectivity index (χ4n) is 4.30. The van der Waals surface area contributed by atoms with E-state index in [-0.39, 0.29) is 5.91 Å². The van der Waals surface area contributed by atoms with Gasteiger partial charge in [0.2, 0.25) is 5.95 Å². The van der Waals surface area contributed by atoms with Gasteiger partial charge in [0.05, 0.1) is 22.5 Å². The number of hydrogen-bond acceptors (Lipinski definition) is 6. The summed E-state index contributed by atoms with van der Waals surface area (Å²) in [5.74, 6) is 1.41. The number of carbonyl (C=O) groups excluding carboxylic acids is 1. The lowest BCUT2D eigenvalue weighted by Crippen LogP contribution is -2.23. The number of aryl methyl sites for hydroxylation is 2. The Balaban J connectivity index is 1.18. The molecular weight excluding hydrogens is 432 g/mol. The van der Waals surface area contributed by atoms with E-state index in [2.05, 4.69) is 51.6 Å². The number of thiophene rings is 1. The van der Waals surface area contributed by atoms with Crippen LogP contribution in [0.2, 0.25) is 0 Å². The van der Waals surface area contributed by atoms with Crippen molar-refractivity contribution in [3.05, 3.63) is 75.4 Å². The summed E-state index contributed by atoms with van der Waals surface area (Å²) in [7, 11) is 1.87. The van der Waals surface area contributed by atoms with E-state index in [1.807, 2.05) is 24.2 Å². The van der Waals surface area contributed by atoms with E-state index in [0.29, 0.717) is 25.0 Å². The van der Waals surface area contributed by atoms with Gasteiger partial charge in [0.15, 0.2) is 0 Å². The number of rotatable bonds is 6. The lowest BCUT2D eigenvalue weighted by molar-refractivity contribution is 0.0769. The number of nitrogens with zero attached hydrogens (tertiary/aromatic N) is 5. The van der Waals surface area contributed by atoms with Gasteiger partial charge < -0.3 is 10.2 Å². The maximum absolute atomic E-state index is 13.0. The average molecular weight is 457 g/mol. The normalized spacial score (nSPS) is 15.2. The van der Waals surface area contributed by atoms with Gasteiger partial charge in [-0.1, -0.05) is 12.1 Å². The van der Waals surface area contributed by atoms with Gasteiger partial charge in [0.25, 0.3) is 5.91 Å². The second kappa shape index (κ2) is 7.81. The molecule has 33 heavy (non-hydrogen) atoms. The van der Waals surface area contributed by atoms with E-state index in [9.17, 15) is 4.79 Å². The van der Waals surface area contributed by atoms with Crippen molar-refractivity contribution >= 4 is 28.9 Å². The zero-order valence-electron chi connectivity index (χ0n) is 18.6. The van der Waals surface area contributed by atoms with Crippen LogP contribution in [0.3, 0.4) is 0 Å². The molecule has 1 aromatic carbocycles. The molecule has 6 rings (SSSR count). The minimum atomic E-state index is 0.173. The van der Waals surface area contributed by atoms with Crippen LogP contribution < -0.4 is 5.32 Å². The monoisotopic (exact) mass is 456 g/mol.